The second-order valence-electron chi connectivity index (χ2n) is 8.13. The molecular formula is C23H21N5O3. The molecule has 1 aliphatic heterocycles. The van der Waals surface area contributed by atoms with Crippen molar-refractivity contribution in [1.82, 2.24) is 15.0 Å². The number of rotatable bonds is 5. The maximum absolute atomic E-state index is 12.2. The predicted molar refractivity (Wildman–Crippen MR) is 117 cm³/mol. The molecule has 2 N–H and O–H groups in total. The van der Waals surface area contributed by atoms with Gasteiger partial charge in [0.2, 0.25) is 11.8 Å². The third kappa shape index (κ3) is 3.19. The van der Waals surface area contributed by atoms with E-state index in [9.17, 15) is 4.79 Å². The molecule has 1 aromatic carbocycles. The number of nitrogens with one attached hydrogen (secondary N) is 2. The number of pyridine rings is 2. The number of aromatic nitrogens is 3. The third-order valence-electron chi connectivity index (χ3n) is 5.96. The van der Waals surface area contributed by atoms with E-state index in [1.165, 1.54) is 5.56 Å². The largest absolute Gasteiger partial charge is 0.436 e. The molecule has 6 rings (SSSR count). The Hall–Kier alpha value is -3.52. The van der Waals surface area contributed by atoms with E-state index in [4.69, 9.17) is 14.1 Å². The van der Waals surface area contributed by atoms with Crippen molar-refractivity contribution in [3.63, 3.8) is 0 Å². The zero-order valence-electron chi connectivity index (χ0n) is 17.0. The summed E-state index contributed by atoms with van der Waals surface area (Å²) in [6.07, 6.45) is 5.34. The molecule has 1 saturated heterocycles. The minimum atomic E-state index is 0.0191. The number of carbonyl (C=O) groups excluding carboxylic acids is 1. The van der Waals surface area contributed by atoms with Gasteiger partial charge in [0.15, 0.2) is 5.58 Å². The smallest absolute Gasteiger partial charge is 0.229 e. The summed E-state index contributed by atoms with van der Waals surface area (Å²) in [6.45, 7) is 1.50. The number of amides is 1. The van der Waals surface area contributed by atoms with Crippen LogP contribution in [0.4, 0.5) is 11.6 Å². The van der Waals surface area contributed by atoms with E-state index in [1.54, 1.807) is 12.4 Å². The number of anilines is 2. The van der Waals surface area contributed by atoms with Gasteiger partial charge in [-0.25, -0.2) is 15.0 Å². The first-order valence-electron chi connectivity index (χ1n) is 10.5. The van der Waals surface area contributed by atoms with Crippen molar-refractivity contribution in [2.24, 2.45) is 5.92 Å². The lowest BCUT2D eigenvalue weighted by molar-refractivity contribution is -0.117. The Bertz CT molecular complexity index is 1320. The van der Waals surface area contributed by atoms with Gasteiger partial charge in [0.05, 0.1) is 18.8 Å². The Morgan fingerprint density at radius 2 is 1.97 bits per heavy atom. The Labute approximate surface area is 178 Å². The van der Waals surface area contributed by atoms with Crippen molar-refractivity contribution in [1.29, 1.82) is 0 Å². The first kappa shape index (κ1) is 18.3. The van der Waals surface area contributed by atoms with Crippen LogP contribution in [0.5, 0.6) is 0 Å². The topological polar surface area (TPSA) is 102 Å². The summed E-state index contributed by atoms with van der Waals surface area (Å²) in [6, 6.07) is 7.95. The molecule has 156 valence electrons. The lowest BCUT2D eigenvalue weighted by Gasteiger charge is -2.26. The quantitative estimate of drug-likeness (QED) is 0.509. The van der Waals surface area contributed by atoms with Crippen LogP contribution < -0.4 is 10.6 Å². The Morgan fingerprint density at radius 3 is 2.71 bits per heavy atom. The van der Waals surface area contributed by atoms with Crippen LogP contribution in [0.25, 0.3) is 33.3 Å². The molecule has 1 amide bonds. The van der Waals surface area contributed by atoms with Gasteiger partial charge in [-0.3, -0.25) is 4.79 Å². The number of carbonyl (C=O) groups is 1. The van der Waals surface area contributed by atoms with Gasteiger partial charge in [-0.2, -0.15) is 0 Å². The zero-order chi connectivity index (χ0) is 20.9. The van der Waals surface area contributed by atoms with E-state index >= 15 is 0 Å². The molecule has 1 aliphatic carbocycles. The third-order valence-corrected chi connectivity index (χ3v) is 5.96. The molecule has 0 unspecified atom stereocenters. The maximum atomic E-state index is 12.2. The minimum absolute atomic E-state index is 0.0191. The van der Waals surface area contributed by atoms with Gasteiger partial charge < -0.3 is 19.8 Å². The van der Waals surface area contributed by atoms with Gasteiger partial charge in [0.25, 0.3) is 0 Å². The first-order chi connectivity index (χ1) is 15.2. The molecule has 1 saturated carbocycles. The molecule has 4 aromatic rings. The molecule has 4 heterocycles. The van der Waals surface area contributed by atoms with Crippen molar-refractivity contribution in [3.8, 4) is 11.5 Å². The maximum Gasteiger partial charge on any atom is 0.229 e. The number of ether oxygens (including phenoxy) is 1. The molecule has 0 bridgehead atoms. The Balaban J connectivity index is 1.45. The average molecular weight is 415 g/mol. The van der Waals surface area contributed by atoms with E-state index < -0.39 is 0 Å². The van der Waals surface area contributed by atoms with Gasteiger partial charge in [-0.05, 0) is 36.6 Å². The fourth-order valence-corrected chi connectivity index (χ4v) is 3.89. The van der Waals surface area contributed by atoms with Crippen LogP contribution in [-0.4, -0.2) is 41.1 Å². The first-order valence-corrected chi connectivity index (χ1v) is 10.5. The highest BCUT2D eigenvalue weighted by atomic mass is 16.5. The van der Waals surface area contributed by atoms with Crippen LogP contribution in [-0.2, 0) is 9.53 Å². The molecule has 0 atom stereocenters. The number of hydrogen-bond acceptors (Lipinski definition) is 7. The highest BCUT2D eigenvalue weighted by Crippen LogP contribution is 2.35. The van der Waals surface area contributed by atoms with E-state index in [1.807, 2.05) is 19.2 Å². The number of benzene rings is 1. The molecule has 31 heavy (non-hydrogen) atoms. The van der Waals surface area contributed by atoms with Crippen molar-refractivity contribution in [2.75, 3.05) is 30.9 Å². The molecule has 2 aliphatic rings. The number of nitrogens with zero attached hydrogens (tertiary/aromatic N) is 3. The standard InChI is InChI=1S/C23H21N5O3/c1-24-21-16-8-25-20(28-22(29)12-2-3-12)7-15(16)17(9-26-21)23-27-18-6-13(14-10-30-11-14)4-5-19(18)31-23/h4-9,12,14H,2-3,10-11H2,1H3,(H,24,26)(H,25,28,29). The highest BCUT2D eigenvalue weighted by Gasteiger charge is 2.30. The number of fused-ring (bicyclic) bond motifs is 2. The summed E-state index contributed by atoms with van der Waals surface area (Å²) in [7, 11) is 1.81. The van der Waals surface area contributed by atoms with Crippen molar-refractivity contribution >= 4 is 39.4 Å². The molecule has 8 nitrogen and oxygen atoms in total. The van der Waals surface area contributed by atoms with Crippen LogP contribution in [0.2, 0.25) is 0 Å². The molecule has 2 fully saturated rings. The van der Waals surface area contributed by atoms with Gasteiger partial charge in [0, 0.05) is 42.0 Å². The van der Waals surface area contributed by atoms with E-state index in [0.29, 0.717) is 23.4 Å². The van der Waals surface area contributed by atoms with Crippen LogP contribution >= 0.6 is 0 Å². The van der Waals surface area contributed by atoms with E-state index in [0.717, 1.165) is 53.5 Å². The van der Waals surface area contributed by atoms with Crippen molar-refractivity contribution in [3.05, 3.63) is 42.2 Å². The van der Waals surface area contributed by atoms with Gasteiger partial charge in [-0.15, -0.1) is 0 Å². The SMILES string of the molecule is CNc1ncc(-c2nc3cc(C4COC4)ccc3o2)c2cc(NC(=O)C3CC3)ncc12. The van der Waals surface area contributed by atoms with Gasteiger partial charge >= 0.3 is 0 Å². The minimum Gasteiger partial charge on any atom is -0.436 e. The van der Waals surface area contributed by atoms with Crippen LogP contribution in [0.1, 0.15) is 24.3 Å². The summed E-state index contributed by atoms with van der Waals surface area (Å²) in [5.74, 6) is 2.26. The summed E-state index contributed by atoms with van der Waals surface area (Å²) in [4.78, 5) is 25.9. The van der Waals surface area contributed by atoms with Crippen LogP contribution in [0.3, 0.4) is 0 Å². The van der Waals surface area contributed by atoms with Gasteiger partial charge in [0.1, 0.15) is 17.2 Å². The van der Waals surface area contributed by atoms with Crippen LogP contribution in [0, 0.1) is 5.92 Å². The fraction of sp³-hybridized carbons (Fsp3) is 0.304. The number of hydrogen-bond donors (Lipinski definition) is 2. The van der Waals surface area contributed by atoms with Crippen molar-refractivity contribution < 1.29 is 13.9 Å². The van der Waals surface area contributed by atoms with Gasteiger partial charge in [-0.1, -0.05) is 6.07 Å². The molecule has 3 aromatic heterocycles. The summed E-state index contributed by atoms with van der Waals surface area (Å²) < 4.78 is 11.4. The second-order valence-corrected chi connectivity index (χ2v) is 8.13. The van der Waals surface area contributed by atoms with Crippen molar-refractivity contribution in [2.45, 2.75) is 18.8 Å². The average Bonchev–Trinajstić information content (AvgIpc) is 3.51. The molecular weight excluding hydrogens is 394 g/mol. The fourth-order valence-electron chi connectivity index (χ4n) is 3.89. The summed E-state index contributed by atoms with van der Waals surface area (Å²) >= 11 is 0. The lowest BCUT2D eigenvalue weighted by atomic mass is 9.97. The Kier molecular flexibility index (Phi) is 4.14. The normalized spacial score (nSPS) is 16.4. The Morgan fingerprint density at radius 1 is 1.10 bits per heavy atom. The molecule has 0 radical (unpaired) electrons. The highest BCUT2D eigenvalue weighted by molar-refractivity contribution is 6.03. The molecule has 0 spiro atoms. The summed E-state index contributed by atoms with van der Waals surface area (Å²) in [5.41, 5.74) is 3.49. The predicted octanol–water partition coefficient (Wildman–Crippen LogP) is 3.94. The number of oxazole rings is 1. The second kappa shape index (κ2) is 7.02. The van der Waals surface area contributed by atoms with Crippen LogP contribution in [0.15, 0.2) is 41.1 Å². The summed E-state index contributed by atoms with van der Waals surface area (Å²) in [5, 5.41) is 7.71. The lowest BCUT2D eigenvalue weighted by Crippen LogP contribution is -2.24. The zero-order valence-corrected chi connectivity index (χ0v) is 17.0. The van der Waals surface area contributed by atoms with E-state index in [-0.39, 0.29) is 11.8 Å². The van der Waals surface area contributed by atoms with E-state index in [2.05, 4.69) is 32.7 Å². The molecule has 8 heteroatoms. The monoisotopic (exact) mass is 415 g/mol.